The smallest absolute Gasteiger partial charge is 0.314 e. The molecule has 0 unspecified atom stereocenters. The molecule has 2 rings (SSSR count). The number of likely N-dealkylation sites (tertiary alicyclic amines) is 1. The Balaban J connectivity index is 1.59. The van der Waals surface area contributed by atoms with Crippen molar-refractivity contribution in [1.29, 1.82) is 0 Å². The Kier molecular flexibility index (Phi) is 11.5. The average Bonchev–Trinajstić information content (AvgIpc) is 3.24. The van der Waals surface area contributed by atoms with Gasteiger partial charge < -0.3 is 31.3 Å². The van der Waals surface area contributed by atoms with Gasteiger partial charge in [-0.05, 0) is 50.8 Å². The van der Waals surface area contributed by atoms with Crippen molar-refractivity contribution in [2.75, 3.05) is 52.1 Å². The van der Waals surface area contributed by atoms with E-state index >= 15 is 0 Å². The van der Waals surface area contributed by atoms with Gasteiger partial charge in [0.1, 0.15) is 5.75 Å². The molecule has 8 nitrogen and oxygen atoms in total. The molecule has 5 N–H and O–H groups in total. The number of methoxy groups -OCH3 is 1. The predicted octanol–water partition coefficient (Wildman–Crippen LogP) is 3.25. The van der Waals surface area contributed by atoms with Crippen LogP contribution in [0.1, 0.15) is 55.8 Å². The van der Waals surface area contributed by atoms with Crippen LogP contribution in [0.25, 0.3) is 0 Å². The number of nitrogens with two attached hydrogens (primary N) is 1. The molecule has 1 aliphatic heterocycles. The van der Waals surface area contributed by atoms with Crippen molar-refractivity contribution in [1.82, 2.24) is 20.9 Å². The zero-order valence-corrected chi connectivity index (χ0v) is 20.1. The first-order valence-electron chi connectivity index (χ1n) is 11.6. The third-order valence-electron chi connectivity index (χ3n) is 5.74. The number of nitrogen functional groups attached to an aromatic ring is 1. The van der Waals surface area contributed by atoms with Gasteiger partial charge in [0.25, 0.3) is 5.91 Å². The minimum atomic E-state index is -0.201. The second-order valence-electron chi connectivity index (χ2n) is 8.34. The number of urea groups is 1. The number of anilines is 1. The van der Waals surface area contributed by atoms with Crippen LogP contribution in [0.5, 0.6) is 5.75 Å². The number of unbranched alkanes of at least 4 members (excludes halogenated alkanes) is 3. The molecule has 0 spiro atoms. The number of hydrogen-bond acceptors (Lipinski definition) is 5. The second-order valence-corrected chi connectivity index (χ2v) is 8.74. The molecule has 0 bridgehead atoms. The second kappa shape index (κ2) is 14.1. The van der Waals surface area contributed by atoms with Gasteiger partial charge in [0.05, 0.1) is 23.4 Å². The molecule has 0 aliphatic carbocycles. The van der Waals surface area contributed by atoms with Gasteiger partial charge in [0, 0.05) is 32.2 Å². The highest BCUT2D eigenvalue weighted by atomic mass is 35.5. The van der Waals surface area contributed by atoms with Gasteiger partial charge in [-0.3, -0.25) is 4.79 Å². The topological polar surface area (TPSA) is 109 Å². The Morgan fingerprint density at radius 1 is 1.16 bits per heavy atom. The van der Waals surface area contributed by atoms with Gasteiger partial charge in [0.2, 0.25) is 0 Å². The van der Waals surface area contributed by atoms with Crippen LogP contribution in [0.2, 0.25) is 5.02 Å². The van der Waals surface area contributed by atoms with Crippen molar-refractivity contribution >= 4 is 29.2 Å². The van der Waals surface area contributed by atoms with Crippen LogP contribution < -0.4 is 26.4 Å². The molecule has 180 valence electrons. The molecule has 0 radical (unpaired) electrons. The number of rotatable bonds is 13. The van der Waals surface area contributed by atoms with Crippen LogP contribution in [-0.2, 0) is 0 Å². The summed E-state index contributed by atoms with van der Waals surface area (Å²) in [5.41, 5.74) is 6.57. The predicted molar refractivity (Wildman–Crippen MR) is 129 cm³/mol. The summed E-state index contributed by atoms with van der Waals surface area (Å²) in [6, 6.07) is 3.06. The molecule has 1 aromatic carbocycles. The van der Waals surface area contributed by atoms with Crippen molar-refractivity contribution < 1.29 is 14.3 Å². The fourth-order valence-electron chi connectivity index (χ4n) is 3.81. The Morgan fingerprint density at radius 2 is 1.91 bits per heavy atom. The highest BCUT2D eigenvalue weighted by Gasteiger charge is 2.23. The standard InChI is InChI=1S/C23H38ClN5O3/c1-3-4-9-26-23(31)27-10-6-5-7-11-29-12-8-17(16-29)15-28-22(30)18-13-19(24)20(25)14-21(18)32-2/h13-14,17H,3-12,15-16,25H2,1-2H3,(H,28,30)(H2,26,27,31)/t17-/m1/s1. The van der Waals surface area contributed by atoms with E-state index in [2.05, 4.69) is 27.8 Å². The first-order chi connectivity index (χ1) is 15.4. The van der Waals surface area contributed by atoms with Crippen LogP contribution in [0.15, 0.2) is 12.1 Å². The lowest BCUT2D eigenvalue weighted by Crippen LogP contribution is -2.36. The van der Waals surface area contributed by atoms with Crippen molar-refractivity contribution in [3.05, 3.63) is 22.7 Å². The number of hydrogen-bond donors (Lipinski definition) is 4. The zero-order valence-electron chi connectivity index (χ0n) is 19.3. The van der Waals surface area contributed by atoms with E-state index in [9.17, 15) is 9.59 Å². The van der Waals surface area contributed by atoms with E-state index in [1.165, 1.54) is 7.11 Å². The maximum atomic E-state index is 12.6. The van der Waals surface area contributed by atoms with Crippen LogP contribution in [-0.4, -0.2) is 63.2 Å². The fraction of sp³-hybridized carbons (Fsp3) is 0.652. The summed E-state index contributed by atoms with van der Waals surface area (Å²) in [4.78, 5) is 26.6. The van der Waals surface area contributed by atoms with Gasteiger partial charge >= 0.3 is 6.03 Å². The minimum absolute atomic E-state index is 0.0678. The summed E-state index contributed by atoms with van der Waals surface area (Å²) in [7, 11) is 1.51. The van der Waals surface area contributed by atoms with Crippen LogP contribution >= 0.6 is 11.6 Å². The number of nitrogens with zero attached hydrogens (tertiary/aromatic N) is 1. The van der Waals surface area contributed by atoms with Crippen molar-refractivity contribution in [2.24, 2.45) is 5.92 Å². The highest BCUT2D eigenvalue weighted by molar-refractivity contribution is 6.33. The summed E-state index contributed by atoms with van der Waals surface area (Å²) in [5.74, 6) is 0.654. The van der Waals surface area contributed by atoms with E-state index in [1.54, 1.807) is 12.1 Å². The first kappa shape index (κ1) is 26.1. The average molecular weight is 468 g/mol. The third-order valence-corrected chi connectivity index (χ3v) is 6.06. The molecule has 1 fully saturated rings. The molecule has 1 aliphatic rings. The number of carbonyl (C=O) groups is 2. The zero-order chi connectivity index (χ0) is 23.3. The molecule has 32 heavy (non-hydrogen) atoms. The van der Waals surface area contributed by atoms with Crippen LogP contribution in [0.4, 0.5) is 10.5 Å². The maximum absolute atomic E-state index is 12.6. The lowest BCUT2D eigenvalue weighted by molar-refractivity contribution is 0.0944. The molecule has 0 aromatic heterocycles. The molecule has 1 aromatic rings. The van der Waals surface area contributed by atoms with E-state index in [0.717, 1.165) is 64.7 Å². The van der Waals surface area contributed by atoms with E-state index in [-0.39, 0.29) is 11.9 Å². The summed E-state index contributed by atoms with van der Waals surface area (Å²) < 4.78 is 5.26. The van der Waals surface area contributed by atoms with Crippen molar-refractivity contribution in [3.8, 4) is 5.75 Å². The number of carbonyl (C=O) groups excluding carboxylic acids is 2. The summed E-state index contributed by atoms with van der Waals surface area (Å²) in [5, 5.41) is 9.11. The van der Waals surface area contributed by atoms with Crippen LogP contribution in [0, 0.1) is 5.92 Å². The Bertz CT molecular complexity index is 747. The molecular weight excluding hydrogens is 430 g/mol. The van der Waals surface area contributed by atoms with E-state index < -0.39 is 0 Å². The molecule has 3 amide bonds. The molecule has 1 atom stereocenters. The van der Waals surface area contributed by atoms with E-state index in [4.69, 9.17) is 22.1 Å². The van der Waals surface area contributed by atoms with Gasteiger partial charge in [-0.2, -0.15) is 0 Å². The largest absolute Gasteiger partial charge is 0.496 e. The minimum Gasteiger partial charge on any atom is -0.496 e. The Labute approximate surface area is 196 Å². The van der Waals surface area contributed by atoms with Gasteiger partial charge in [0.15, 0.2) is 0 Å². The summed E-state index contributed by atoms with van der Waals surface area (Å²) in [6.45, 7) is 7.26. The lowest BCUT2D eigenvalue weighted by Gasteiger charge is -2.17. The fourth-order valence-corrected chi connectivity index (χ4v) is 3.97. The third kappa shape index (κ3) is 8.74. The molecule has 1 saturated heterocycles. The van der Waals surface area contributed by atoms with E-state index in [0.29, 0.717) is 41.0 Å². The first-order valence-corrected chi connectivity index (χ1v) is 12.0. The molecule has 9 heteroatoms. The van der Waals surface area contributed by atoms with Crippen molar-refractivity contribution in [3.63, 3.8) is 0 Å². The quantitative estimate of drug-likeness (QED) is 0.263. The number of nitrogens with one attached hydrogen (secondary N) is 3. The number of amides is 3. The summed E-state index contributed by atoms with van der Waals surface area (Å²) in [6.07, 6.45) is 6.35. The monoisotopic (exact) mass is 467 g/mol. The maximum Gasteiger partial charge on any atom is 0.314 e. The van der Waals surface area contributed by atoms with Crippen molar-refractivity contribution in [2.45, 2.75) is 45.4 Å². The number of halogens is 1. The number of ether oxygens (including phenoxy) is 1. The highest BCUT2D eigenvalue weighted by Crippen LogP contribution is 2.28. The lowest BCUT2D eigenvalue weighted by atomic mass is 10.1. The van der Waals surface area contributed by atoms with Crippen LogP contribution in [0.3, 0.4) is 0 Å². The normalized spacial score (nSPS) is 16.0. The van der Waals surface area contributed by atoms with Gasteiger partial charge in [-0.15, -0.1) is 0 Å². The Hall–Kier alpha value is -2.19. The Morgan fingerprint density at radius 3 is 2.62 bits per heavy atom. The molecule has 0 saturated carbocycles. The number of benzene rings is 1. The van der Waals surface area contributed by atoms with E-state index in [1.807, 2.05) is 0 Å². The summed E-state index contributed by atoms with van der Waals surface area (Å²) >= 11 is 6.06. The molecule has 1 heterocycles. The SMILES string of the molecule is CCCCNC(=O)NCCCCCN1CC[C@H](CNC(=O)c2cc(Cl)c(N)cc2OC)C1. The van der Waals surface area contributed by atoms with Gasteiger partial charge in [-0.25, -0.2) is 4.79 Å². The van der Waals surface area contributed by atoms with Gasteiger partial charge in [-0.1, -0.05) is 31.4 Å². The molecular formula is C23H38ClN5O3.